The molecule has 0 aromatic carbocycles. The van der Waals surface area contributed by atoms with Gasteiger partial charge in [0.1, 0.15) is 0 Å². The molecular formula is C16H18N2OS. The Labute approximate surface area is 123 Å². The smallest absolute Gasteiger partial charge is 0.258 e. The SMILES string of the molecule is N#CCc1cc(C(=O)N2CCCC3CCCC=C32)cs1. The van der Waals surface area contributed by atoms with Crippen LogP contribution in [0.4, 0.5) is 0 Å². The van der Waals surface area contributed by atoms with Crippen molar-refractivity contribution in [2.24, 2.45) is 5.92 Å². The quantitative estimate of drug-likeness (QED) is 0.831. The summed E-state index contributed by atoms with van der Waals surface area (Å²) in [6.07, 6.45) is 8.54. The van der Waals surface area contributed by atoms with Crippen molar-refractivity contribution in [3.63, 3.8) is 0 Å². The second kappa shape index (κ2) is 5.80. The number of nitrogens with zero attached hydrogens (tertiary/aromatic N) is 2. The number of piperidine rings is 1. The van der Waals surface area contributed by atoms with E-state index in [1.54, 1.807) is 0 Å². The molecule has 1 fully saturated rings. The van der Waals surface area contributed by atoms with Crippen molar-refractivity contribution in [1.82, 2.24) is 4.90 Å². The molecule has 104 valence electrons. The zero-order chi connectivity index (χ0) is 13.9. The lowest BCUT2D eigenvalue weighted by atomic mass is 9.84. The maximum absolute atomic E-state index is 12.7. The van der Waals surface area contributed by atoms with E-state index in [9.17, 15) is 4.79 Å². The topological polar surface area (TPSA) is 44.1 Å². The summed E-state index contributed by atoms with van der Waals surface area (Å²) in [6, 6.07) is 4.01. The number of hydrogen-bond acceptors (Lipinski definition) is 3. The number of thiophene rings is 1. The first-order valence-corrected chi connectivity index (χ1v) is 8.14. The predicted molar refractivity (Wildman–Crippen MR) is 79.3 cm³/mol. The van der Waals surface area contributed by atoms with Crippen LogP contribution >= 0.6 is 11.3 Å². The lowest BCUT2D eigenvalue weighted by Gasteiger charge is -2.37. The summed E-state index contributed by atoms with van der Waals surface area (Å²) < 4.78 is 0. The van der Waals surface area contributed by atoms with Crippen molar-refractivity contribution in [2.75, 3.05) is 6.54 Å². The molecule has 1 atom stereocenters. The second-order valence-electron chi connectivity index (χ2n) is 5.49. The standard InChI is InChI=1S/C16H18N2OS/c17-8-7-14-10-13(11-20-14)16(19)18-9-3-5-12-4-1-2-6-15(12)18/h6,10-12H,1-5,7,9H2. The van der Waals surface area contributed by atoms with E-state index in [2.05, 4.69) is 12.1 Å². The molecule has 0 spiro atoms. The molecule has 0 bridgehead atoms. The first kappa shape index (κ1) is 13.4. The van der Waals surface area contributed by atoms with E-state index in [1.165, 1.54) is 36.3 Å². The van der Waals surface area contributed by atoms with Gasteiger partial charge in [0, 0.05) is 22.5 Å². The van der Waals surface area contributed by atoms with Crippen molar-refractivity contribution >= 4 is 17.2 Å². The van der Waals surface area contributed by atoms with Gasteiger partial charge in [0.2, 0.25) is 0 Å². The maximum atomic E-state index is 12.7. The molecule has 20 heavy (non-hydrogen) atoms. The number of carbonyl (C=O) groups is 1. The molecule has 1 aliphatic carbocycles. The van der Waals surface area contributed by atoms with Gasteiger partial charge in [-0.1, -0.05) is 6.08 Å². The summed E-state index contributed by atoms with van der Waals surface area (Å²) in [4.78, 5) is 15.6. The van der Waals surface area contributed by atoms with Gasteiger partial charge in [-0.05, 0) is 44.1 Å². The number of rotatable bonds is 2. The minimum absolute atomic E-state index is 0.114. The van der Waals surface area contributed by atoms with Gasteiger partial charge in [0.25, 0.3) is 5.91 Å². The average molecular weight is 286 g/mol. The molecule has 3 rings (SSSR count). The largest absolute Gasteiger partial charge is 0.312 e. The van der Waals surface area contributed by atoms with Crippen LogP contribution in [0.1, 0.15) is 47.3 Å². The van der Waals surface area contributed by atoms with E-state index in [0.717, 1.165) is 29.8 Å². The third-order valence-corrected chi connectivity index (χ3v) is 5.11. The number of allylic oxidation sites excluding steroid dienone is 2. The Balaban J connectivity index is 1.81. The Morgan fingerprint density at radius 2 is 2.30 bits per heavy atom. The molecule has 1 saturated heterocycles. The van der Waals surface area contributed by atoms with Gasteiger partial charge in [-0.25, -0.2) is 0 Å². The van der Waals surface area contributed by atoms with Gasteiger partial charge in [-0.2, -0.15) is 5.26 Å². The fraction of sp³-hybridized carbons (Fsp3) is 0.500. The van der Waals surface area contributed by atoms with Crippen molar-refractivity contribution in [3.8, 4) is 6.07 Å². The molecule has 0 N–H and O–H groups in total. The number of hydrogen-bond donors (Lipinski definition) is 0. The predicted octanol–water partition coefficient (Wildman–Crippen LogP) is 3.73. The molecule has 2 heterocycles. The van der Waals surface area contributed by atoms with Crippen LogP contribution in [-0.4, -0.2) is 17.4 Å². The molecular weight excluding hydrogens is 268 g/mol. The summed E-state index contributed by atoms with van der Waals surface area (Å²) in [7, 11) is 0. The molecule has 1 unspecified atom stereocenters. The van der Waals surface area contributed by atoms with E-state index < -0.39 is 0 Å². The summed E-state index contributed by atoms with van der Waals surface area (Å²) in [6.45, 7) is 0.838. The highest BCUT2D eigenvalue weighted by Gasteiger charge is 2.31. The second-order valence-corrected chi connectivity index (χ2v) is 6.49. The van der Waals surface area contributed by atoms with E-state index in [-0.39, 0.29) is 5.91 Å². The normalized spacial score (nSPS) is 21.9. The van der Waals surface area contributed by atoms with Crippen molar-refractivity contribution in [1.29, 1.82) is 5.26 Å². The van der Waals surface area contributed by atoms with Crippen molar-refractivity contribution < 1.29 is 4.79 Å². The summed E-state index contributed by atoms with van der Waals surface area (Å²) in [5.41, 5.74) is 1.99. The van der Waals surface area contributed by atoms with Gasteiger partial charge in [-0.3, -0.25) is 4.79 Å². The van der Waals surface area contributed by atoms with Crippen LogP contribution in [0.15, 0.2) is 23.2 Å². The first-order chi connectivity index (χ1) is 9.79. The number of likely N-dealkylation sites (tertiary alicyclic amines) is 1. The highest BCUT2D eigenvalue weighted by Crippen LogP contribution is 2.36. The summed E-state index contributed by atoms with van der Waals surface area (Å²) in [5, 5.41) is 10.6. The van der Waals surface area contributed by atoms with Crippen LogP contribution in [0.25, 0.3) is 0 Å². The lowest BCUT2D eigenvalue weighted by Crippen LogP contribution is -2.38. The fourth-order valence-electron chi connectivity index (χ4n) is 3.21. The van der Waals surface area contributed by atoms with Crippen molar-refractivity contribution in [3.05, 3.63) is 33.7 Å². The van der Waals surface area contributed by atoms with Gasteiger partial charge in [0.05, 0.1) is 18.1 Å². The van der Waals surface area contributed by atoms with E-state index in [4.69, 9.17) is 5.26 Å². The Morgan fingerprint density at radius 3 is 3.15 bits per heavy atom. The molecule has 4 heteroatoms. The third-order valence-electron chi connectivity index (χ3n) is 4.17. The van der Waals surface area contributed by atoms with Crippen LogP contribution in [0.3, 0.4) is 0 Å². The van der Waals surface area contributed by atoms with Crippen LogP contribution in [0, 0.1) is 17.2 Å². The Hall–Kier alpha value is -1.60. The molecule has 0 radical (unpaired) electrons. The molecule has 1 aromatic rings. The molecule has 2 aliphatic rings. The van der Waals surface area contributed by atoms with Crippen LogP contribution < -0.4 is 0 Å². The van der Waals surface area contributed by atoms with Crippen molar-refractivity contribution in [2.45, 2.75) is 38.5 Å². The average Bonchev–Trinajstić information content (AvgIpc) is 2.95. The maximum Gasteiger partial charge on any atom is 0.258 e. The summed E-state index contributed by atoms with van der Waals surface area (Å²) in [5.74, 6) is 0.696. The number of amides is 1. The zero-order valence-electron chi connectivity index (χ0n) is 11.5. The van der Waals surface area contributed by atoms with E-state index in [1.807, 2.05) is 16.3 Å². The van der Waals surface area contributed by atoms with Crippen LogP contribution in [0.2, 0.25) is 0 Å². The Kier molecular flexibility index (Phi) is 3.88. The fourth-order valence-corrected chi connectivity index (χ4v) is 4.00. The van der Waals surface area contributed by atoms with Crippen LogP contribution in [0.5, 0.6) is 0 Å². The number of fused-ring (bicyclic) bond motifs is 1. The highest BCUT2D eigenvalue weighted by atomic mass is 32.1. The van der Waals surface area contributed by atoms with Gasteiger partial charge >= 0.3 is 0 Å². The van der Waals surface area contributed by atoms with Gasteiger partial charge < -0.3 is 4.90 Å². The molecule has 1 aliphatic heterocycles. The molecule has 1 aromatic heterocycles. The monoisotopic (exact) mass is 286 g/mol. The summed E-state index contributed by atoms with van der Waals surface area (Å²) >= 11 is 1.51. The van der Waals surface area contributed by atoms with E-state index >= 15 is 0 Å². The molecule has 3 nitrogen and oxygen atoms in total. The minimum atomic E-state index is 0.114. The zero-order valence-corrected chi connectivity index (χ0v) is 12.3. The third kappa shape index (κ3) is 2.51. The lowest BCUT2D eigenvalue weighted by molar-refractivity contribution is 0.0749. The molecule has 0 saturated carbocycles. The number of nitriles is 1. The van der Waals surface area contributed by atoms with E-state index in [0.29, 0.717) is 12.3 Å². The van der Waals surface area contributed by atoms with Gasteiger partial charge in [0.15, 0.2) is 0 Å². The van der Waals surface area contributed by atoms with Gasteiger partial charge in [-0.15, -0.1) is 11.3 Å². The molecule has 1 amide bonds. The first-order valence-electron chi connectivity index (χ1n) is 7.26. The number of carbonyl (C=O) groups excluding carboxylic acids is 1. The highest BCUT2D eigenvalue weighted by molar-refractivity contribution is 7.10. The van der Waals surface area contributed by atoms with Crippen LogP contribution in [-0.2, 0) is 6.42 Å². The Morgan fingerprint density at radius 1 is 1.45 bits per heavy atom. The minimum Gasteiger partial charge on any atom is -0.312 e. The Bertz CT molecular complexity index is 582.